The fourth-order valence-electron chi connectivity index (χ4n) is 2.97. The van der Waals surface area contributed by atoms with Crippen molar-refractivity contribution >= 4 is 0 Å². The lowest BCUT2D eigenvalue weighted by Gasteiger charge is -2.22. The van der Waals surface area contributed by atoms with Gasteiger partial charge in [0.2, 0.25) is 0 Å². The molecule has 16 heavy (non-hydrogen) atoms. The fraction of sp³-hybridized carbons (Fsp3) is 0.818. The van der Waals surface area contributed by atoms with Crippen LogP contribution < -0.4 is 5.32 Å². The molecule has 3 rings (SSSR count). The third kappa shape index (κ3) is 1.74. The first-order chi connectivity index (χ1) is 7.77. The fourth-order valence-corrected chi connectivity index (χ4v) is 2.97. The Morgan fingerprint density at radius 1 is 1.50 bits per heavy atom. The van der Waals surface area contributed by atoms with Crippen LogP contribution in [-0.2, 0) is 13.6 Å². The minimum absolute atomic E-state index is 0.554. The number of nitrogens with one attached hydrogen (secondary N) is 1. The van der Waals surface area contributed by atoms with Gasteiger partial charge in [-0.25, -0.2) is 4.98 Å². The second-order valence-corrected chi connectivity index (χ2v) is 5.19. The highest BCUT2D eigenvalue weighted by Gasteiger charge is 2.40. The Balaban J connectivity index is 1.64. The van der Waals surface area contributed by atoms with E-state index in [1.807, 2.05) is 11.7 Å². The van der Waals surface area contributed by atoms with Crippen molar-refractivity contribution in [2.75, 3.05) is 26.2 Å². The van der Waals surface area contributed by atoms with Gasteiger partial charge < -0.3 is 5.32 Å². The number of nitrogens with zero attached hydrogens (tertiary/aromatic N) is 4. The molecule has 5 nitrogen and oxygen atoms in total. The highest BCUT2D eigenvalue weighted by atomic mass is 15.3. The molecule has 1 aromatic heterocycles. The number of aryl methyl sites for hydroxylation is 1. The molecule has 2 fully saturated rings. The van der Waals surface area contributed by atoms with E-state index in [0.717, 1.165) is 12.4 Å². The van der Waals surface area contributed by atoms with Gasteiger partial charge in [-0.05, 0) is 31.3 Å². The van der Waals surface area contributed by atoms with E-state index in [0.29, 0.717) is 5.41 Å². The summed E-state index contributed by atoms with van der Waals surface area (Å²) in [6, 6.07) is 0. The summed E-state index contributed by atoms with van der Waals surface area (Å²) in [5.41, 5.74) is 0.554. The van der Waals surface area contributed by atoms with Gasteiger partial charge >= 0.3 is 0 Å². The van der Waals surface area contributed by atoms with Crippen LogP contribution in [0.25, 0.3) is 0 Å². The van der Waals surface area contributed by atoms with Gasteiger partial charge in [0.25, 0.3) is 0 Å². The van der Waals surface area contributed by atoms with E-state index in [2.05, 4.69) is 20.3 Å². The molecule has 0 bridgehead atoms. The normalized spacial score (nSPS) is 30.6. The molecule has 3 heterocycles. The van der Waals surface area contributed by atoms with Crippen molar-refractivity contribution in [2.45, 2.75) is 19.4 Å². The molecular formula is C11H19N5. The van der Waals surface area contributed by atoms with Crippen LogP contribution in [0.5, 0.6) is 0 Å². The van der Waals surface area contributed by atoms with Crippen LogP contribution in [0.15, 0.2) is 6.33 Å². The van der Waals surface area contributed by atoms with E-state index < -0.39 is 0 Å². The molecule has 0 amide bonds. The summed E-state index contributed by atoms with van der Waals surface area (Å²) in [6.07, 6.45) is 4.30. The average Bonchev–Trinajstić information content (AvgIpc) is 2.96. The lowest BCUT2D eigenvalue weighted by Crippen LogP contribution is -2.29. The maximum absolute atomic E-state index is 4.29. The average molecular weight is 221 g/mol. The molecular weight excluding hydrogens is 202 g/mol. The maximum Gasteiger partial charge on any atom is 0.140 e. The SMILES string of the molecule is Cn1ncnc1CN1CCC2(CCNC2)C1. The van der Waals surface area contributed by atoms with Crippen molar-refractivity contribution in [1.82, 2.24) is 25.0 Å². The Labute approximate surface area is 95.8 Å². The van der Waals surface area contributed by atoms with Gasteiger partial charge in [0, 0.05) is 20.1 Å². The monoisotopic (exact) mass is 221 g/mol. The Morgan fingerprint density at radius 2 is 2.44 bits per heavy atom. The van der Waals surface area contributed by atoms with Crippen LogP contribution in [-0.4, -0.2) is 45.8 Å². The summed E-state index contributed by atoms with van der Waals surface area (Å²) in [6.45, 7) is 5.75. The van der Waals surface area contributed by atoms with Crippen LogP contribution in [0, 0.1) is 5.41 Å². The lowest BCUT2D eigenvalue weighted by molar-refractivity contribution is 0.261. The van der Waals surface area contributed by atoms with Crippen molar-refractivity contribution in [1.29, 1.82) is 0 Å². The Bertz CT molecular complexity index is 366. The molecule has 1 aromatic rings. The molecule has 1 N–H and O–H groups in total. The van der Waals surface area contributed by atoms with Gasteiger partial charge in [0.15, 0.2) is 0 Å². The van der Waals surface area contributed by atoms with Crippen LogP contribution in [0.1, 0.15) is 18.7 Å². The largest absolute Gasteiger partial charge is 0.316 e. The molecule has 1 unspecified atom stereocenters. The first kappa shape index (κ1) is 10.2. The van der Waals surface area contributed by atoms with Gasteiger partial charge in [-0.15, -0.1) is 0 Å². The number of likely N-dealkylation sites (tertiary alicyclic amines) is 1. The molecule has 2 aliphatic rings. The Morgan fingerprint density at radius 3 is 3.12 bits per heavy atom. The van der Waals surface area contributed by atoms with Crippen molar-refractivity contribution in [2.24, 2.45) is 12.5 Å². The summed E-state index contributed by atoms with van der Waals surface area (Å²) in [5, 5.41) is 7.60. The number of rotatable bonds is 2. The Hall–Kier alpha value is -0.940. The first-order valence-corrected chi connectivity index (χ1v) is 6.03. The molecule has 88 valence electrons. The number of hydrogen-bond donors (Lipinski definition) is 1. The van der Waals surface area contributed by atoms with Crippen molar-refractivity contribution < 1.29 is 0 Å². The highest BCUT2D eigenvalue weighted by Crippen LogP contribution is 2.36. The van der Waals surface area contributed by atoms with Crippen molar-refractivity contribution in [3.63, 3.8) is 0 Å². The van der Waals surface area contributed by atoms with E-state index in [-0.39, 0.29) is 0 Å². The first-order valence-electron chi connectivity index (χ1n) is 6.03. The molecule has 2 saturated heterocycles. The smallest absolute Gasteiger partial charge is 0.140 e. The standard InChI is InChI=1S/C11H19N5/c1-15-10(13-9-14-15)6-16-5-3-11(8-16)2-4-12-7-11/h9,12H,2-8H2,1H3. The minimum atomic E-state index is 0.554. The van der Waals surface area contributed by atoms with Crippen LogP contribution in [0.2, 0.25) is 0 Å². The summed E-state index contributed by atoms with van der Waals surface area (Å²) >= 11 is 0. The molecule has 1 spiro atoms. The van der Waals surface area contributed by atoms with Gasteiger partial charge in [-0.3, -0.25) is 9.58 Å². The number of aromatic nitrogens is 3. The second-order valence-electron chi connectivity index (χ2n) is 5.19. The van der Waals surface area contributed by atoms with E-state index >= 15 is 0 Å². The molecule has 0 radical (unpaired) electrons. The summed E-state index contributed by atoms with van der Waals surface area (Å²) in [4.78, 5) is 6.80. The van der Waals surface area contributed by atoms with Gasteiger partial charge in [-0.1, -0.05) is 0 Å². The Kier molecular flexibility index (Phi) is 2.44. The zero-order valence-electron chi connectivity index (χ0n) is 9.82. The third-order valence-corrected chi connectivity index (χ3v) is 4.02. The van der Waals surface area contributed by atoms with Crippen LogP contribution in [0.4, 0.5) is 0 Å². The molecule has 0 aliphatic carbocycles. The topological polar surface area (TPSA) is 46.0 Å². The van der Waals surface area contributed by atoms with Crippen LogP contribution in [0.3, 0.4) is 0 Å². The third-order valence-electron chi connectivity index (χ3n) is 4.02. The van der Waals surface area contributed by atoms with Gasteiger partial charge in [0.05, 0.1) is 6.54 Å². The van der Waals surface area contributed by atoms with E-state index in [1.165, 1.54) is 39.0 Å². The summed E-state index contributed by atoms with van der Waals surface area (Å²) < 4.78 is 1.87. The van der Waals surface area contributed by atoms with E-state index in [1.54, 1.807) is 6.33 Å². The predicted octanol–water partition coefficient (Wildman–Crippen LogP) is 0.000500. The van der Waals surface area contributed by atoms with Crippen molar-refractivity contribution in [3.05, 3.63) is 12.2 Å². The molecule has 0 saturated carbocycles. The van der Waals surface area contributed by atoms with Gasteiger partial charge in [0.1, 0.15) is 12.2 Å². The highest BCUT2D eigenvalue weighted by molar-refractivity contribution is 4.97. The van der Waals surface area contributed by atoms with Gasteiger partial charge in [-0.2, -0.15) is 5.10 Å². The van der Waals surface area contributed by atoms with E-state index in [9.17, 15) is 0 Å². The van der Waals surface area contributed by atoms with Crippen molar-refractivity contribution in [3.8, 4) is 0 Å². The summed E-state index contributed by atoms with van der Waals surface area (Å²) in [7, 11) is 1.96. The van der Waals surface area contributed by atoms with E-state index in [4.69, 9.17) is 0 Å². The minimum Gasteiger partial charge on any atom is -0.316 e. The molecule has 2 aliphatic heterocycles. The maximum atomic E-state index is 4.29. The zero-order chi connectivity index (χ0) is 11.0. The zero-order valence-corrected chi connectivity index (χ0v) is 9.82. The summed E-state index contributed by atoms with van der Waals surface area (Å²) in [5.74, 6) is 1.07. The van der Waals surface area contributed by atoms with Crippen LogP contribution >= 0.6 is 0 Å². The molecule has 1 atom stereocenters. The molecule has 5 heteroatoms. The number of hydrogen-bond acceptors (Lipinski definition) is 4. The predicted molar refractivity (Wildman–Crippen MR) is 60.8 cm³/mol. The molecule has 0 aromatic carbocycles. The lowest BCUT2D eigenvalue weighted by atomic mass is 9.87. The second kappa shape index (κ2) is 3.82. The quantitative estimate of drug-likeness (QED) is 0.763.